The summed E-state index contributed by atoms with van der Waals surface area (Å²) in [5.74, 6) is -0.448. The number of hydrogen-bond donors (Lipinski definition) is 2. The first-order valence-electron chi connectivity index (χ1n) is 7.30. The topological polar surface area (TPSA) is 50.4 Å². The molecule has 0 aromatic heterocycles. The number of ether oxygens (including phenoxy) is 1. The maximum absolute atomic E-state index is 13.2. The Morgan fingerprint density at radius 2 is 1.78 bits per heavy atom. The lowest BCUT2D eigenvalue weighted by molar-refractivity contribution is 0.252. The average molecular weight is 320 g/mol. The Hall–Kier alpha value is -2.63. The number of urea groups is 1. The summed E-state index contributed by atoms with van der Waals surface area (Å²) in [5, 5.41) is 5.30. The largest absolute Gasteiger partial charge is 0.492 e. The molecule has 0 aliphatic heterocycles. The molecular weight excluding hydrogens is 302 g/mol. The van der Waals surface area contributed by atoms with E-state index in [1.165, 1.54) is 30.3 Å². The monoisotopic (exact) mass is 320 g/mol. The van der Waals surface area contributed by atoms with E-state index in [0.717, 1.165) is 5.56 Å². The summed E-state index contributed by atoms with van der Waals surface area (Å²) < 4.78 is 31.3. The molecule has 0 atom stereocenters. The van der Waals surface area contributed by atoms with Crippen molar-refractivity contribution in [2.24, 2.45) is 0 Å². The van der Waals surface area contributed by atoms with Gasteiger partial charge in [0.25, 0.3) is 0 Å². The summed E-state index contributed by atoms with van der Waals surface area (Å²) in [6.07, 6.45) is 0.579. The van der Waals surface area contributed by atoms with Crippen LogP contribution in [0.1, 0.15) is 12.5 Å². The fraction of sp³-hybridized carbons (Fsp3) is 0.235. The molecule has 0 spiro atoms. The van der Waals surface area contributed by atoms with Gasteiger partial charge in [-0.3, -0.25) is 0 Å². The van der Waals surface area contributed by atoms with Crippen molar-refractivity contribution in [3.63, 3.8) is 0 Å². The third kappa shape index (κ3) is 5.25. The number of rotatable bonds is 6. The van der Waals surface area contributed by atoms with Crippen LogP contribution in [-0.4, -0.2) is 19.2 Å². The number of benzene rings is 2. The molecule has 2 N–H and O–H groups in total. The molecule has 0 radical (unpaired) electrons. The summed E-state index contributed by atoms with van der Waals surface area (Å²) in [7, 11) is 0. The zero-order chi connectivity index (χ0) is 16.7. The second-order valence-electron chi connectivity index (χ2n) is 4.83. The summed E-state index contributed by atoms with van der Waals surface area (Å²) in [4.78, 5) is 11.9. The molecule has 4 nitrogen and oxygen atoms in total. The van der Waals surface area contributed by atoms with Crippen LogP contribution in [0.5, 0.6) is 5.75 Å². The van der Waals surface area contributed by atoms with Crippen LogP contribution in [-0.2, 0) is 6.42 Å². The van der Waals surface area contributed by atoms with Gasteiger partial charge in [0.15, 0.2) is 0 Å². The van der Waals surface area contributed by atoms with Gasteiger partial charge in [0.2, 0.25) is 0 Å². The second-order valence-corrected chi connectivity index (χ2v) is 4.83. The van der Waals surface area contributed by atoms with E-state index in [1.54, 1.807) is 19.1 Å². The van der Waals surface area contributed by atoms with Gasteiger partial charge in [-0.05, 0) is 43.2 Å². The average Bonchev–Trinajstić information content (AvgIpc) is 2.52. The minimum atomic E-state index is -0.435. The first kappa shape index (κ1) is 16.7. The third-order valence-corrected chi connectivity index (χ3v) is 3.10. The van der Waals surface area contributed by atoms with Gasteiger partial charge in [-0.15, -0.1) is 0 Å². The first-order chi connectivity index (χ1) is 11.1. The SMILES string of the molecule is CCOc1cc(F)ccc1NC(=O)NCCc1ccc(F)cc1. The van der Waals surface area contributed by atoms with Gasteiger partial charge in [0.1, 0.15) is 17.4 Å². The second kappa shape index (κ2) is 8.12. The number of carbonyl (C=O) groups is 1. The molecule has 23 heavy (non-hydrogen) atoms. The third-order valence-electron chi connectivity index (χ3n) is 3.10. The summed E-state index contributed by atoms with van der Waals surface area (Å²) in [5.41, 5.74) is 1.32. The quantitative estimate of drug-likeness (QED) is 0.852. The van der Waals surface area contributed by atoms with E-state index in [-0.39, 0.29) is 11.6 Å². The summed E-state index contributed by atoms with van der Waals surface area (Å²) in [6.45, 7) is 2.53. The molecule has 0 heterocycles. The Morgan fingerprint density at radius 3 is 2.48 bits per heavy atom. The van der Waals surface area contributed by atoms with Gasteiger partial charge in [-0.25, -0.2) is 13.6 Å². The van der Waals surface area contributed by atoms with Crippen LogP contribution in [0.2, 0.25) is 0 Å². The van der Waals surface area contributed by atoms with Crippen molar-refractivity contribution in [3.05, 3.63) is 59.7 Å². The lowest BCUT2D eigenvalue weighted by atomic mass is 10.1. The molecule has 0 saturated carbocycles. The molecule has 0 unspecified atom stereocenters. The molecule has 2 rings (SSSR count). The lowest BCUT2D eigenvalue weighted by Crippen LogP contribution is -2.30. The maximum Gasteiger partial charge on any atom is 0.319 e. The number of amides is 2. The van der Waals surface area contributed by atoms with Crippen molar-refractivity contribution in [2.75, 3.05) is 18.5 Å². The molecule has 2 aromatic carbocycles. The molecule has 0 bridgehead atoms. The van der Waals surface area contributed by atoms with E-state index < -0.39 is 11.8 Å². The van der Waals surface area contributed by atoms with Crippen molar-refractivity contribution < 1.29 is 18.3 Å². The van der Waals surface area contributed by atoms with Crippen molar-refractivity contribution in [2.45, 2.75) is 13.3 Å². The van der Waals surface area contributed by atoms with Gasteiger partial charge in [-0.2, -0.15) is 0 Å². The smallest absolute Gasteiger partial charge is 0.319 e. The summed E-state index contributed by atoms with van der Waals surface area (Å²) in [6, 6.07) is 9.59. The van der Waals surface area contributed by atoms with Crippen LogP contribution in [0.3, 0.4) is 0 Å². The minimum absolute atomic E-state index is 0.279. The lowest BCUT2D eigenvalue weighted by Gasteiger charge is -2.12. The van der Waals surface area contributed by atoms with Gasteiger partial charge in [0, 0.05) is 12.6 Å². The molecule has 2 amide bonds. The Balaban J connectivity index is 1.86. The molecular formula is C17H18F2N2O2. The summed E-state index contributed by atoms with van der Waals surface area (Å²) >= 11 is 0. The van der Waals surface area contributed by atoms with E-state index in [1.807, 2.05) is 0 Å². The zero-order valence-electron chi connectivity index (χ0n) is 12.7. The highest BCUT2D eigenvalue weighted by Gasteiger charge is 2.08. The standard InChI is InChI=1S/C17H18F2N2O2/c1-2-23-16-11-14(19)7-8-15(16)21-17(22)20-10-9-12-3-5-13(18)6-4-12/h3-8,11H,2,9-10H2,1H3,(H2,20,21,22). The number of halogens is 2. The van der Waals surface area contributed by atoms with Crippen LogP contribution < -0.4 is 15.4 Å². The van der Waals surface area contributed by atoms with E-state index in [9.17, 15) is 13.6 Å². The fourth-order valence-corrected chi connectivity index (χ4v) is 2.01. The molecule has 6 heteroatoms. The number of hydrogen-bond acceptors (Lipinski definition) is 2. The number of carbonyl (C=O) groups excluding carboxylic acids is 1. The Labute approximate surface area is 133 Å². The van der Waals surface area contributed by atoms with E-state index in [0.29, 0.717) is 25.3 Å². The van der Waals surface area contributed by atoms with Gasteiger partial charge < -0.3 is 15.4 Å². The zero-order valence-corrected chi connectivity index (χ0v) is 12.7. The van der Waals surface area contributed by atoms with Crippen molar-refractivity contribution in [3.8, 4) is 5.75 Å². The van der Waals surface area contributed by atoms with Gasteiger partial charge in [0.05, 0.1) is 12.3 Å². The number of anilines is 1. The van der Waals surface area contributed by atoms with E-state index >= 15 is 0 Å². The van der Waals surface area contributed by atoms with Crippen LogP contribution in [0.15, 0.2) is 42.5 Å². The van der Waals surface area contributed by atoms with Crippen molar-refractivity contribution >= 4 is 11.7 Å². The normalized spacial score (nSPS) is 10.2. The van der Waals surface area contributed by atoms with Gasteiger partial charge in [-0.1, -0.05) is 12.1 Å². The molecule has 0 saturated heterocycles. The highest BCUT2D eigenvalue weighted by molar-refractivity contribution is 5.90. The number of nitrogens with one attached hydrogen (secondary N) is 2. The minimum Gasteiger partial charge on any atom is -0.492 e. The maximum atomic E-state index is 13.2. The Morgan fingerprint density at radius 1 is 1.09 bits per heavy atom. The Bertz CT molecular complexity index is 660. The fourth-order valence-electron chi connectivity index (χ4n) is 2.01. The molecule has 0 fully saturated rings. The van der Waals surface area contributed by atoms with Gasteiger partial charge >= 0.3 is 6.03 Å². The van der Waals surface area contributed by atoms with Crippen LogP contribution >= 0.6 is 0 Å². The molecule has 0 aliphatic rings. The molecule has 2 aromatic rings. The van der Waals surface area contributed by atoms with Crippen LogP contribution in [0.25, 0.3) is 0 Å². The van der Waals surface area contributed by atoms with Crippen molar-refractivity contribution in [1.82, 2.24) is 5.32 Å². The van der Waals surface area contributed by atoms with E-state index in [4.69, 9.17) is 4.74 Å². The highest BCUT2D eigenvalue weighted by atomic mass is 19.1. The predicted molar refractivity (Wildman–Crippen MR) is 84.7 cm³/mol. The molecule has 122 valence electrons. The Kier molecular flexibility index (Phi) is 5.91. The predicted octanol–water partition coefficient (Wildman–Crippen LogP) is 3.73. The first-order valence-corrected chi connectivity index (χ1v) is 7.30. The molecule has 0 aliphatic carbocycles. The van der Waals surface area contributed by atoms with E-state index in [2.05, 4.69) is 10.6 Å². The van der Waals surface area contributed by atoms with Crippen LogP contribution in [0, 0.1) is 11.6 Å². The van der Waals surface area contributed by atoms with Crippen molar-refractivity contribution in [1.29, 1.82) is 0 Å². The van der Waals surface area contributed by atoms with Crippen LogP contribution in [0.4, 0.5) is 19.3 Å². The highest BCUT2D eigenvalue weighted by Crippen LogP contribution is 2.25.